The van der Waals surface area contributed by atoms with Crippen molar-refractivity contribution in [1.29, 1.82) is 0 Å². The number of pyridine rings is 1. The lowest BCUT2D eigenvalue weighted by atomic mass is 10.2. The van der Waals surface area contributed by atoms with Gasteiger partial charge in [-0.1, -0.05) is 6.07 Å². The summed E-state index contributed by atoms with van der Waals surface area (Å²) in [4.78, 5) is 14.3. The zero-order valence-electron chi connectivity index (χ0n) is 10.5. The predicted molar refractivity (Wildman–Crippen MR) is 69.9 cm³/mol. The predicted octanol–water partition coefficient (Wildman–Crippen LogP) is 0.134. The second kappa shape index (κ2) is 4.99. The second-order valence-electron chi connectivity index (χ2n) is 4.57. The molecule has 100 valence electrons. The number of fused-ring (bicyclic) bond motifs is 1. The number of hydrogen-bond donors (Lipinski definition) is 1. The van der Waals surface area contributed by atoms with E-state index in [-0.39, 0.29) is 12.0 Å². The van der Waals surface area contributed by atoms with Crippen LogP contribution in [0.15, 0.2) is 30.6 Å². The third-order valence-corrected chi connectivity index (χ3v) is 3.35. The van der Waals surface area contributed by atoms with Crippen LogP contribution in [0.2, 0.25) is 0 Å². The van der Waals surface area contributed by atoms with Crippen molar-refractivity contribution in [1.82, 2.24) is 14.5 Å². The third-order valence-electron chi connectivity index (χ3n) is 3.35. The summed E-state index contributed by atoms with van der Waals surface area (Å²) in [6, 6.07) is 5.67. The molecule has 1 aliphatic heterocycles. The van der Waals surface area contributed by atoms with E-state index in [1.54, 1.807) is 15.6 Å². The number of carbonyl (C=O) groups is 1. The normalized spacial score (nSPS) is 19.8. The molecule has 2 N–H and O–H groups in total. The highest BCUT2D eigenvalue weighted by Crippen LogP contribution is 2.15. The molecular weight excluding hydrogens is 244 g/mol. The van der Waals surface area contributed by atoms with Crippen LogP contribution in [0.5, 0.6) is 0 Å². The fourth-order valence-corrected chi connectivity index (χ4v) is 2.32. The van der Waals surface area contributed by atoms with Crippen molar-refractivity contribution in [3.05, 3.63) is 36.2 Å². The van der Waals surface area contributed by atoms with Gasteiger partial charge in [-0.05, 0) is 12.1 Å². The average Bonchev–Trinajstić information content (AvgIpc) is 2.90. The molecule has 0 aliphatic carbocycles. The summed E-state index contributed by atoms with van der Waals surface area (Å²) in [7, 11) is 0. The number of hydrogen-bond acceptors (Lipinski definition) is 4. The van der Waals surface area contributed by atoms with Crippen LogP contribution in [-0.4, -0.2) is 52.8 Å². The van der Waals surface area contributed by atoms with E-state index in [1.807, 2.05) is 24.4 Å². The number of amides is 1. The Morgan fingerprint density at radius 1 is 1.53 bits per heavy atom. The van der Waals surface area contributed by atoms with Gasteiger partial charge in [0.15, 0.2) is 0 Å². The van der Waals surface area contributed by atoms with E-state index in [9.17, 15) is 4.79 Å². The molecule has 2 aromatic rings. The van der Waals surface area contributed by atoms with Gasteiger partial charge in [-0.2, -0.15) is 5.10 Å². The van der Waals surface area contributed by atoms with E-state index >= 15 is 0 Å². The van der Waals surface area contributed by atoms with Gasteiger partial charge in [-0.25, -0.2) is 4.52 Å². The van der Waals surface area contributed by atoms with E-state index in [0.717, 1.165) is 5.52 Å². The molecule has 1 unspecified atom stereocenters. The van der Waals surface area contributed by atoms with E-state index in [2.05, 4.69) is 5.10 Å². The molecular formula is C13H16N4O2. The van der Waals surface area contributed by atoms with Crippen LogP contribution in [0.25, 0.3) is 5.52 Å². The number of carbonyl (C=O) groups excluding carboxylic acids is 1. The Bertz CT molecular complexity index is 595. The third kappa shape index (κ3) is 2.20. The lowest BCUT2D eigenvalue weighted by molar-refractivity contribution is -0.0166. The molecule has 6 heteroatoms. The molecule has 0 saturated carbocycles. The molecule has 1 fully saturated rings. The van der Waals surface area contributed by atoms with Crippen LogP contribution in [0.1, 0.15) is 10.4 Å². The van der Waals surface area contributed by atoms with Crippen molar-refractivity contribution < 1.29 is 9.53 Å². The Morgan fingerprint density at radius 3 is 3.26 bits per heavy atom. The maximum atomic E-state index is 12.5. The van der Waals surface area contributed by atoms with Crippen molar-refractivity contribution >= 4 is 11.4 Å². The molecule has 1 saturated heterocycles. The molecule has 1 amide bonds. The van der Waals surface area contributed by atoms with E-state index in [0.29, 0.717) is 31.8 Å². The van der Waals surface area contributed by atoms with Crippen LogP contribution >= 0.6 is 0 Å². The fourth-order valence-electron chi connectivity index (χ4n) is 2.32. The number of morpholine rings is 1. The van der Waals surface area contributed by atoms with Crippen molar-refractivity contribution in [2.45, 2.75) is 6.10 Å². The number of nitrogens with zero attached hydrogens (tertiary/aromatic N) is 3. The smallest absolute Gasteiger partial charge is 0.257 e. The fraction of sp³-hybridized carbons (Fsp3) is 0.385. The molecule has 6 nitrogen and oxygen atoms in total. The summed E-state index contributed by atoms with van der Waals surface area (Å²) in [6.07, 6.45) is 3.37. The van der Waals surface area contributed by atoms with Crippen molar-refractivity contribution in [3.8, 4) is 0 Å². The van der Waals surface area contributed by atoms with Crippen molar-refractivity contribution in [2.75, 3.05) is 26.2 Å². The van der Waals surface area contributed by atoms with Gasteiger partial charge < -0.3 is 15.4 Å². The van der Waals surface area contributed by atoms with Crippen molar-refractivity contribution in [3.63, 3.8) is 0 Å². The van der Waals surface area contributed by atoms with E-state index < -0.39 is 0 Å². The minimum atomic E-state index is -0.0699. The summed E-state index contributed by atoms with van der Waals surface area (Å²) >= 11 is 0. The van der Waals surface area contributed by atoms with E-state index in [4.69, 9.17) is 10.5 Å². The highest BCUT2D eigenvalue weighted by molar-refractivity contribution is 6.00. The number of ether oxygens (including phenoxy) is 1. The molecule has 1 atom stereocenters. The Kier molecular flexibility index (Phi) is 3.18. The monoisotopic (exact) mass is 260 g/mol. The first-order valence-corrected chi connectivity index (χ1v) is 6.33. The molecule has 0 radical (unpaired) electrons. The SMILES string of the molecule is NCC1CN(C(=O)c2cnn3ccccc23)CCO1. The minimum absolute atomic E-state index is 0.0112. The molecule has 1 aliphatic rings. The first-order valence-electron chi connectivity index (χ1n) is 6.33. The summed E-state index contributed by atoms with van der Waals surface area (Å²) in [5.74, 6) is -0.0112. The summed E-state index contributed by atoms with van der Waals surface area (Å²) < 4.78 is 7.18. The number of rotatable bonds is 2. The van der Waals surface area contributed by atoms with E-state index in [1.165, 1.54) is 0 Å². The van der Waals surface area contributed by atoms with Gasteiger partial charge in [0.05, 0.1) is 30.0 Å². The molecule has 19 heavy (non-hydrogen) atoms. The first kappa shape index (κ1) is 12.1. The Hall–Kier alpha value is -1.92. The maximum absolute atomic E-state index is 12.5. The molecule has 3 heterocycles. The number of nitrogens with two attached hydrogens (primary N) is 1. The van der Waals surface area contributed by atoms with Crippen LogP contribution in [-0.2, 0) is 4.74 Å². The maximum Gasteiger partial charge on any atom is 0.257 e. The second-order valence-corrected chi connectivity index (χ2v) is 4.57. The van der Waals surface area contributed by atoms with Gasteiger partial charge in [0, 0.05) is 25.8 Å². The topological polar surface area (TPSA) is 72.9 Å². The quantitative estimate of drug-likeness (QED) is 0.833. The van der Waals surface area contributed by atoms with Gasteiger partial charge in [0.1, 0.15) is 0 Å². The molecule has 0 spiro atoms. The molecule has 2 aromatic heterocycles. The molecule has 3 rings (SSSR count). The first-order chi connectivity index (χ1) is 9.29. The average molecular weight is 260 g/mol. The van der Waals surface area contributed by atoms with Crippen LogP contribution in [0, 0.1) is 0 Å². The molecule has 0 aromatic carbocycles. The van der Waals surface area contributed by atoms with Gasteiger partial charge >= 0.3 is 0 Å². The number of aromatic nitrogens is 2. The van der Waals surface area contributed by atoms with Gasteiger partial charge in [-0.15, -0.1) is 0 Å². The summed E-state index contributed by atoms with van der Waals surface area (Å²) in [6.45, 7) is 2.10. The Balaban J connectivity index is 1.87. The zero-order chi connectivity index (χ0) is 13.2. The summed E-state index contributed by atoms with van der Waals surface area (Å²) in [5.41, 5.74) is 7.04. The lowest BCUT2D eigenvalue weighted by Crippen LogP contribution is -2.48. The minimum Gasteiger partial charge on any atom is -0.373 e. The standard InChI is InChI=1S/C13H16N4O2/c14-7-10-9-16(5-6-19-10)13(18)11-8-15-17-4-2-1-3-12(11)17/h1-4,8,10H,5-7,9,14H2. The van der Waals surface area contributed by atoms with Gasteiger partial charge in [0.2, 0.25) is 0 Å². The largest absolute Gasteiger partial charge is 0.373 e. The molecule has 0 bridgehead atoms. The van der Waals surface area contributed by atoms with Crippen LogP contribution in [0.4, 0.5) is 0 Å². The van der Waals surface area contributed by atoms with Crippen LogP contribution in [0.3, 0.4) is 0 Å². The Morgan fingerprint density at radius 2 is 2.42 bits per heavy atom. The lowest BCUT2D eigenvalue weighted by Gasteiger charge is -2.32. The van der Waals surface area contributed by atoms with Crippen molar-refractivity contribution in [2.24, 2.45) is 5.73 Å². The highest BCUT2D eigenvalue weighted by Gasteiger charge is 2.25. The van der Waals surface area contributed by atoms with Gasteiger partial charge in [-0.3, -0.25) is 4.79 Å². The van der Waals surface area contributed by atoms with Gasteiger partial charge in [0.25, 0.3) is 5.91 Å². The Labute approximate surface area is 110 Å². The van der Waals surface area contributed by atoms with Crippen LogP contribution < -0.4 is 5.73 Å². The summed E-state index contributed by atoms with van der Waals surface area (Å²) in [5, 5.41) is 4.19. The highest BCUT2D eigenvalue weighted by atomic mass is 16.5. The zero-order valence-corrected chi connectivity index (χ0v) is 10.5.